The van der Waals surface area contributed by atoms with E-state index in [0.717, 1.165) is 77.6 Å². The smallest absolute Gasteiger partial charge is 0.227 e. The lowest BCUT2D eigenvalue weighted by Gasteiger charge is -2.26. The zero-order valence-electron chi connectivity index (χ0n) is 33.1. The van der Waals surface area contributed by atoms with Gasteiger partial charge in [0.1, 0.15) is 5.52 Å². The van der Waals surface area contributed by atoms with Crippen molar-refractivity contribution in [2.75, 3.05) is 4.90 Å². The molecule has 0 saturated heterocycles. The van der Waals surface area contributed by atoms with Gasteiger partial charge in [0.25, 0.3) is 0 Å². The number of hydrogen-bond donors (Lipinski definition) is 0. The Kier molecular flexibility index (Phi) is 8.13. The van der Waals surface area contributed by atoms with Crippen molar-refractivity contribution in [2.24, 2.45) is 0 Å². The van der Waals surface area contributed by atoms with E-state index in [1.165, 1.54) is 27.4 Å². The van der Waals surface area contributed by atoms with E-state index >= 15 is 0 Å². The first-order valence-corrected chi connectivity index (χ1v) is 20.7. The van der Waals surface area contributed by atoms with Crippen LogP contribution in [-0.4, -0.2) is 9.55 Å². The van der Waals surface area contributed by atoms with Crippen molar-refractivity contribution < 1.29 is 4.42 Å². The van der Waals surface area contributed by atoms with Crippen molar-refractivity contribution in [1.82, 2.24) is 9.55 Å². The first-order chi connectivity index (χ1) is 30.2. The molecule has 0 aliphatic carbocycles. The van der Waals surface area contributed by atoms with Crippen molar-refractivity contribution >= 4 is 71.5 Å². The van der Waals surface area contributed by atoms with Crippen LogP contribution < -0.4 is 4.90 Å². The number of aromatic nitrogens is 2. The maximum atomic E-state index is 6.78. The summed E-state index contributed by atoms with van der Waals surface area (Å²) in [5, 5.41) is 6.81. The van der Waals surface area contributed by atoms with E-state index in [-0.39, 0.29) is 0 Å². The molecule has 0 spiro atoms. The third-order valence-corrected chi connectivity index (χ3v) is 12.0. The fraction of sp³-hybridized carbons (Fsp3) is 0. The number of para-hydroxylation sites is 3. The summed E-state index contributed by atoms with van der Waals surface area (Å²) in [7, 11) is 0. The number of fused-ring (bicyclic) bond motifs is 8. The molecular weight excluding hydrogens is 743 g/mol. The molecule has 0 amide bonds. The molecule has 0 N–H and O–H groups in total. The lowest BCUT2D eigenvalue weighted by atomic mass is 9.91. The van der Waals surface area contributed by atoms with Crippen molar-refractivity contribution in [2.45, 2.75) is 0 Å². The maximum absolute atomic E-state index is 6.78. The van der Waals surface area contributed by atoms with Gasteiger partial charge in [-0.3, -0.25) is 0 Å². The average Bonchev–Trinajstić information content (AvgIpc) is 3.92. The highest BCUT2D eigenvalue weighted by Gasteiger charge is 2.21. The molecule has 0 fully saturated rings. The van der Waals surface area contributed by atoms with Crippen LogP contribution in [0, 0.1) is 0 Å². The van der Waals surface area contributed by atoms with Crippen LogP contribution in [0.4, 0.5) is 17.1 Å². The Bertz CT molecular complexity index is 3570. The predicted octanol–water partition coefficient (Wildman–Crippen LogP) is 15.7. The van der Waals surface area contributed by atoms with Gasteiger partial charge in [0, 0.05) is 44.5 Å². The quantitative estimate of drug-likeness (QED) is 0.151. The molecule has 286 valence electrons. The third-order valence-electron chi connectivity index (χ3n) is 12.0. The molecule has 12 rings (SSSR count). The molecule has 0 aliphatic heterocycles. The topological polar surface area (TPSA) is 34.2 Å². The molecule has 4 heteroatoms. The van der Waals surface area contributed by atoms with Crippen molar-refractivity contribution in [3.8, 4) is 39.4 Å². The molecule has 10 aromatic carbocycles. The molecule has 12 aromatic rings. The lowest BCUT2D eigenvalue weighted by molar-refractivity contribution is 0.623. The van der Waals surface area contributed by atoms with Crippen molar-refractivity contribution in [1.29, 1.82) is 0 Å². The molecule has 0 unspecified atom stereocenters. The molecule has 0 atom stereocenters. The van der Waals surface area contributed by atoms with Crippen LogP contribution >= 0.6 is 0 Å². The second-order valence-electron chi connectivity index (χ2n) is 15.6. The molecule has 2 aromatic heterocycles. The Hall–Kier alpha value is -8.21. The highest BCUT2D eigenvalue weighted by molar-refractivity contribution is 6.23. The van der Waals surface area contributed by atoms with Crippen molar-refractivity contribution in [3.05, 3.63) is 224 Å². The molecular formula is C57H37N3O. The standard InChI is InChI=1S/C57H37N3O/c1-5-16-38(17-6-1)40-20-15-25-45(34-40)59(43-21-9-3-10-22-43)46-30-31-47-49(36-42-28-32-52-56(55(42)51(47)37-46)61-57(58-52)39-18-7-2-8-19-39)41-29-33-54-50(35-41)48-26-13-14-27-53(48)60(54)44-23-11-4-12-24-44/h1-37H. The minimum atomic E-state index is 0.611. The molecule has 2 heterocycles. The fourth-order valence-corrected chi connectivity index (χ4v) is 9.17. The molecule has 4 nitrogen and oxygen atoms in total. The van der Waals surface area contributed by atoms with Gasteiger partial charge in [-0.05, 0) is 129 Å². The SMILES string of the molecule is c1ccc(-c2cccc(N(c3ccccc3)c3ccc4c(-c5ccc6c(c5)c5ccccc5n6-c5ccccc5)cc5ccc6nc(-c7ccccc7)oc6c5c4c3)c2)cc1. The summed E-state index contributed by atoms with van der Waals surface area (Å²) in [6.07, 6.45) is 0. The Morgan fingerprint density at radius 3 is 1.85 bits per heavy atom. The Morgan fingerprint density at radius 1 is 0.393 bits per heavy atom. The van der Waals surface area contributed by atoms with Gasteiger partial charge in [-0.25, -0.2) is 4.98 Å². The first kappa shape index (κ1) is 34.8. The van der Waals surface area contributed by atoms with Gasteiger partial charge in [0.15, 0.2) is 5.58 Å². The van der Waals surface area contributed by atoms with Gasteiger partial charge < -0.3 is 13.9 Å². The summed E-state index contributed by atoms with van der Waals surface area (Å²) in [5.74, 6) is 0.611. The van der Waals surface area contributed by atoms with Gasteiger partial charge in [0.05, 0.1) is 11.0 Å². The summed E-state index contributed by atoms with van der Waals surface area (Å²) in [6, 6.07) is 80.0. The van der Waals surface area contributed by atoms with Crippen LogP contribution in [0.2, 0.25) is 0 Å². The first-order valence-electron chi connectivity index (χ1n) is 20.7. The second-order valence-corrected chi connectivity index (χ2v) is 15.6. The van der Waals surface area contributed by atoms with Crippen LogP contribution in [-0.2, 0) is 0 Å². The van der Waals surface area contributed by atoms with Gasteiger partial charge in [-0.1, -0.05) is 133 Å². The number of anilines is 3. The molecule has 0 aliphatic rings. The van der Waals surface area contributed by atoms with Crippen LogP contribution in [0.15, 0.2) is 229 Å². The van der Waals surface area contributed by atoms with E-state index in [2.05, 4.69) is 204 Å². The minimum Gasteiger partial charge on any atom is -0.435 e. The summed E-state index contributed by atoms with van der Waals surface area (Å²) < 4.78 is 9.15. The highest BCUT2D eigenvalue weighted by atomic mass is 16.3. The van der Waals surface area contributed by atoms with Gasteiger partial charge in [0.2, 0.25) is 5.89 Å². The third kappa shape index (κ3) is 5.88. The largest absolute Gasteiger partial charge is 0.435 e. The van der Waals surface area contributed by atoms with E-state index in [0.29, 0.717) is 5.89 Å². The fourth-order valence-electron chi connectivity index (χ4n) is 9.17. The van der Waals surface area contributed by atoms with Crippen LogP contribution in [0.25, 0.3) is 93.8 Å². The van der Waals surface area contributed by atoms with E-state index in [1.807, 2.05) is 30.3 Å². The zero-order valence-corrected chi connectivity index (χ0v) is 33.1. The molecule has 0 bridgehead atoms. The molecule has 61 heavy (non-hydrogen) atoms. The van der Waals surface area contributed by atoms with E-state index < -0.39 is 0 Å². The lowest BCUT2D eigenvalue weighted by Crippen LogP contribution is -2.10. The van der Waals surface area contributed by atoms with Crippen molar-refractivity contribution in [3.63, 3.8) is 0 Å². The molecule has 0 saturated carbocycles. The van der Waals surface area contributed by atoms with Crippen LogP contribution in [0.1, 0.15) is 0 Å². The normalized spacial score (nSPS) is 11.6. The maximum Gasteiger partial charge on any atom is 0.227 e. The van der Waals surface area contributed by atoms with Crippen LogP contribution in [0.3, 0.4) is 0 Å². The predicted molar refractivity (Wildman–Crippen MR) is 254 cm³/mol. The van der Waals surface area contributed by atoms with E-state index in [1.54, 1.807) is 0 Å². The number of hydrogen-bond acceptors (Lipinski definition) is 3. The highest BCUT2D eigenvalue weighted by Crippen LogP contribution is 2.45. The summed E-state index contributed by atoms with van der Waals surface area (Å²) in [5.41, 5.74) is 13.9. The Morgan fingerprint density at radius 2 is 1.05 bits per heavy atom. The average molecular weight is 780 g/mol. The summed E-state index contributed by atoms with van der Waals surface area (Å²) >= 11 is 0. The number of benzene rings is 10. The zero-order chi connectivity index (χ0) is 40.3. The van der Waals surface area contributed by atoms with E-state index in [4.69, 9.17) is 9.40 Å². The number of rotatable bonds is 7. The minimum absolute atomic E-state index is 0.611. The Labute approximate surface area is 352 Å². The number of nitrogens with zero attached hydrogens (tertiary/aromatic N) is 3. The Balaban J connectivity index is 1.12. The summed E-state index contributed by atoms with van der Waals surface area (Å²) in [4.78, 5) is 7.37. The van der Waals surface area contributed by atoms with Crippen LogP contribution in [0.5, 0.6) is 0 Å². The van der Waals surface area contributed by atoms with E-state index in [9.17, 15) is 0 Å². The summed E-state index contributed by atoms with van der Waals surface area (Å²) in [6.45, 7) is 0. The molecule has 0 radical (unpaired) electrons. The second kappa shape index (κ2) is 14.3. The van der Waals surface area contributed by atoms with Gasteiger partial charge in [-0.2, -0.15) is 0 Å². The number of oxazole rings is 1. The monoisotopic (exact) mass is 779 g/mol. The van der Waals surface area contributed by atoms with Gasteiger partial charge in [-0.15, -0.1) is 0 Å². The van der Waals surface area contributed by atoms with Gasteiger partial charge >= 0.3 is 0 Å².